The van der Waals surface area contributed by atoms with Gasteiger partial charge in [0.25, 0.3) is 11.8 Å². The van der Waals surface area contributed by atoms with Crippen LogP contribution in [-0.4, -0.2) is 30.2 Å². The SMILES string of the molecule is Cc1ccc(C2=C(SC(C)C)C(=O)N(c3ccc(N4CCCC4)cc3)C2=O)cc1. The standard InChI is InChI=1S/C24H26N2O2S/c1-16(2)29-22-21(18-8-6-17(3)7-9-18)23(27)26(24(22)28)20-12-10-19(11-13-20)25-14-4-5-15-25/h6-13,16H,4-5,14-15H2,1-3H3. The lowest BCUT2D eigenvalue weighted by molar-refractivity contribution is -0.119. The number of amides is 2. The molecule has 0 aliphatic carbocycles. The average Bonchev–Trinajstić information content (AvgIpc) is 3.31. The highest BCUT2D eigenvalue weighted by Crippen LogP contribution is 2.40. The minimum absolute atomic E-state index is 0.208. The number of benzene rings is 2. The molecule has 0 atom stereocenters. The Morgan fingerprint density at radius 1 is 0.828 bits per heavy atom. The predicted molar refractivity (Wildman–Crippen MR) is 121 cm³/mol. The molecule has 2 aromatic carbocycles. The Morgan fingerprint density at radius 3 is 2.00 bits per heavy atom. The van der Waals surface area contributed by atoms with Crippen molar-refractivity contribution in [1.29, 1.82) is 0 Å². The topological polar surface area (TPSA) is 40.6 Å². The fourth-order valence-corrected chi connectivity index (χ4v) is 4.84. The molecule has 150 valence electrons. The Labute approximate surface area is 176 Å². The van der Waals surface area contributed by atoms with Crippen LogP contribution in [-0.2, 0) is 9.59 Å². The Kier molecular flexibility index (Phi) is 5.50. The normalized spacial score (nSPS) is 17.2. The highest BCUT2D eigenvalue weighted by molar-refractivity contribution is 8.04. The monoisotopic (exact) mass is 406 g/mol. The number of imide groups is 1. The summed E-state index contributed by atoms with van der Waals surface area (Å²) in [4.78, 5) is 30.8. The number of rotatable bonds is 5. The summed E-state index contributed by atoms with van der Waals surface area (Å²) in [5.74, 6) is -0.464. The summed E-state index contributed by atoms with van der Waals surface area (Å²) in [6.45, 7) is 8.22. The molecule has 5 heteroatoms. The maximum absolute atomic E-state index is 13.4. The summed E-state index contributed by atoms with van der Waals surface area (Å²) in [5, 5.41) is 0.208. The summed E-state index contributed by atoms with van der Waals surface area (Å²) in [6.07, 6.45) is 2.43. The highest BCUT2D eigenvalue weighted by Gasteiger charge is 2.40. The molecule has 0 bridgehead atoms. The van der Waals surface area contributed by atoms with Crippen LogP contribution in [0.25, 0.3) is 5.57 Å². The van der Waals surface area contributed by atoms with Crippen molar-refractivity contribution >= 4 is 40.5 Å². The van der Waals surface area contributed by atoms with Gasteiger partial charge in [0.2, 0.25) is 0 Å². The number of hydrogen-bond donors (Lipinski definition) is 0. The summed E-state index contributed by atoms with van der Waals surface area (Å²) in [7, 11) is 0. The van der Waals surface area contributed by atoms with Crippen molar-refractivity contribution in [1.82, 2.24) is 0 Å². The van der Waals surface area contributed by atoms with E-state index < -0.39 is 0 Å². The van der Waals surface area contributed by atoms with E-state index in [-0.39, 0.29) is 17.1 Å². The predicted octanol–water partition coefficient (Wildman–Crippen LogP) is 5.02. The molecule has 1 saturated heterocycles. The van der Waals surface area contributed by atoms with Crippen LogP contribution in [0.2, 0.25) is 0 Å². The van der Waals surface area contributed by atoms with Gasteiger partial charge in [-0.3, -0.25) is 9.59 Å². The van der Waals surface area contributed by atoms with Crippen molar-refractivity contribution in [2.45, 2.75) is 38.9 Å². The molecule has 2 aromatic rings. The van der Waals surface area contributed by atoms with Crippen molar-refractivity contribution in [3.05, 3.63) is 64.6 Å². The first-order valence-electron chi connectivity index (χ1n) is 10.2. The minimum Gasteiger partial charge on any atom is -0.372 e. The number of aryl methyl sites for hydroxylation is 1. The molecule has 2 aliphatic heterocycles. The van der Waals surface area contributed by atoms with Gasteiger partial charge in [0.15, 0.2) is 0 Å². The van der Waals surface area contributed by atoms with Crippen molar-refractivity contribution in [2.75, 3.05) is 22.9 Å². The van der Waals surface area contributed by atoms with Gasteiger partial charge in [-0.2, -0.15) is 0 Å². The summed E-state index contributed by atoms with van der Waals surface area (Å²) < 4.78 is 0. The Hall–Kier alpha value is -2.53. The number of thioether (sulfide) groups is 1. The Morgan fingerprint density at radius 2 is 1.41 bits per heavy atom. The smallest absolute Gasteiger partial charge is 0.272 e. The molecule has 2 aliphatic rings. The van der Waals surface area contributed by atoms with Gasteiger partial charge in [0, 0.05) is 24.0 Å². The van der Waals surface area contributed by atoms with Gasteiger partial charge in [-0.1, -0.05) is 43.7 Å². The van der Waals surface area contributed by atoms with Crippen LogP contribution in [0.15, 0.2) is 53.4 Å². The van der Waals surface area contributed by atoms with Crippen LogP contribution >= 0.6 is 11.8 Å². The third-order valence-corrected chi connectivity index (χ3v) is 6.40. The van der Waals surface area contributed by atoms with Gasteiger partial charge < -0.3 is 4.90 Å². The molecule has 1 fully saturated rings. The zero-order valence-corrected chi connectivity index (χ0v) is 18.0. The molecule has 4 nitrogen and oxygen atoms in total. The largest absolute Gasteiger partial charge is 0.372 e. The lowest BCUT2D eigenvalue weighted by atomic mass is 10.0. The first-order valence-corrected chi connectivity index (χ1v) is 11.1. The minimum atomic E-state index is -0.240. The second-order valence-electron chi connectivity index (χ2n) is 7.89. The number of anilines is 2. The van der Waals surface area contributed by atoms with Crippen LogP contribution in [0.5, 0.6) is 0 Å². The average molecular weight is 407 g/mol. The van der Waals surface area contributed by atoms with E-state index in [1.807, 2.05) is 69.3 Å². The van der Waals surface area contributed by atoms with Crippen molar-refractivity contribution in [3.63, 3.8) is 0 Å². The number of hydrogen-bond acceptors (Lipinski definition) is 4. The van der Waals surface area contributed by atoms with Crippen molar-refractivity contribution < 1.29 is 9.59 Å². The van der Waals surface area contributed by atoms with Gasteiger partial charge in [-0.05, 0) is 49.6 Å². The van der Waals surface area contributed by atoms with E-state index in [2.05, 4.69) is 4.90 Å². The summed E-state index contributed by atoms with van der Waals surface area (Å²) in [5.41, 5.74) is 4.21. The maximum atomic E-state index is 13.4. The number of nitrogens with zero attached hydrogens (tertiary/aromatic N) is 2. The van der Waals surface area contributed by atoms with Gasteiger partial charge in [0.05, 0.1) is 16.2 Å². The Balaban J connectivity index is 1.68. The zero-order valence-electron chi connectivity index (χ0n) is 17.1. The van der Waals surface area contributed by atoms with Crippen molar-refractivity contribution in [3.8, 4) is 0 Å². The van der Waals surface area contributed by atoms with Crippen LogP contribution < -0.4 is 9.80 Å². The third kappa shape index (κ3) is 3.84. The molecule has 2 heterocycles. The molecule has 2 amide bonds. The molecule has 0 aromatic heterocycles. The van der Waals surface area contributed by atoms with E-state index in [1.54, 1.807) is 0 Å². The number of carbonyl (C=O) groups is 2. The van der Waals surface area contributed by atoms with Crippen LogP contribution in [0, 0.1) is 6.92 Å². The lowest BCUT2D eigenvalue weighted by Gasteiger charge is -2.20. The fourth-order valence-electron chi connectivity index (χ4n) is 3.85. The van der Waals surface area contributed by atoms with Gasteiger partial charge in [0.1, 0.15) is 0 Å². The van der Waals surface area contributed by atoms with Gasteiger partial charge in [-0.15, -0.1) is 11.8 Å². The molecular weight excluding hydrogens is 380 g/mol. The second-order valence-corrected chi connectivity index (χ2v) is 9.48. The second kappa shape index (κ2) is 8.07. The lowest BCUT2D eigenvalue weighted by Crippen LogP contribution is -2.31. The Bertz CT molecular complexity index is 955. The quantitative estimate of drug-likeness (QED) is 0.654. The highest BCUT2D eigenvalue weighted by atomic mass is 32.2. The fraction of sp³-hybridized carbons (Fsp3) is 0.333. The van der Waals surface area contributed by atoms with E-state index in [0.29, 0.717) is 16.2 Å². The molecule has 29 heavy (non-hydrogen) atoms. The van der Waals surface area contributed by atoms with Crippen LogP contribution in [0.3, 0.4) is 0 Å². The molecule has 0 saturated carbocycles. The molecule has 4 rings (SSSR count). The van der Waals surface area contributed by atoms with Crippen molar-refractivity contribution in [2.24, 2.45) is 0 Å². The van der Waals surface area contributed by atoms with E-state index in [0.717, 1.165) is 29.9 Å². The van der Waals surface area contributed by atoms with Gasteiger partial charge in [-0.25, -0.2) is 4.90 Å². The third-order valence-electron chi connectivity index (χ3n) is 5.31. The molecule has 0 spiro atoms. The van der Waals surface area contributed by atoms with Crippen LogP contribution in [0.4, 0.5) is 11.4 Å². The first-order chi connectivity index (χ1) is 14.0. The van der Waals surface area contributed by atoms with E-state index in [4.69, 9.17) is 0 Å². The molecule has 0 radical (unpaired) electrons. The zero-order chi connectivity index (χ0) is 20.5. The summed E-state index contributed by atoms with van der Waals surface area (Å²) >= 11 is 1.46. The molecular formula is C24H26N2O2S. The van der Waals surface area contributed by atoms with Crippen LogP contribution in [0.1, 0.15) is 37.8 Å². The first kappa shape index (κ1) is 19.8. The molecule has 0 unspecified atom stereocenters. The van der Waals surface area contributed by atoms with E-state index in [1.165, 1.54) is 29.5 Å². The van der Waals surface area contributed by atoms with E-state index in [9.17, 15) is 9.59 Å². The maximum Gasteiger partial charge on any atom is 0.272 e. The number of carbonyl (C=O) groups excluding carboxylic acids is 2. The summed E-state index contributed by atoms with van der Waals surface area (Å²) in [6, 6.07) is 15.6. The van der Waals surface area contributed by atoms with E-state index >= 15 is 0 Å². The molecule has 0 N–H and O–H groups in total. The van der Waals surface area contributed by atoms with Gasteiger partial charge >= 0.3 is 0 Å².